The largest absolute Gasteiger partial charge is 0.373 e. The molecule has 0 aromatic carbocycles. The third kappa shape index (κ3) is 3.09. The van der Waals surface area contributed by atoms with Crippen LogP contribution in [0.2, 0.25) is 0 Å². The highest BCUT2D eigenvalue weighted by Gasteiger charge is 2.18. The van der Waals surface area contributed by atoms with Gasteiger partial charge in [-0.2, -0.15) is 8.42 Å². The zero-order chi connectivity index (χ0) is 6.91. The summed E-state index contributed by atoms with van der Waals surface area (Å²) in [6.07, 6.45) is 1.81. The molecule has 0 bridgehead atoms. The van der Waals surface area contributed by atoms with E-state index < -0.39 is 10.2 Å². The average molecular weight is 148 g/mol. The lowest BCUT2D eigenvalue weighted by molar-refractivity contribution is 0.565. The molecule has 0 unspecified atom stereocenters. The number of hydrogen-bond acceptors (Lipinski definition) is 2. The van der Waals surface area contributed by atoms with Crippen molar-refractivity contribution >= 4 is 10.2 Å². The van der Waals surface area contributed by atoms with Crippen LogP contribution in [0.1, 0.15) is 12.8 Å². The Bertz CT molecular complexity index is 252. The first-order chi connectivity index (χ1) is 4.08. The molecule has 4 heteroatoms. The molecule has 1 aliphatic carbocycles. The average Bonchev–Trinajstić information content (AvgIpc) is 2.38. The van der Waals surface area contributed by atoms with Gasteiger partial charge in [-0.15, -0.1) is 0 Å². The molecule has 1 rings (SSSR count). The van der Waals surface area contributed by atoms with Crippen molar-refractivity contribution in [2.75, 3.05) is 0 Å². The van der Waals surface area contributed by atoms with Gasteiger partial charge in [-0.3, -0.25) is 0 Å². The summed E-state index contributed by atoms with van der Waals surface area (Å²) in [5.74, 6) is 2.42. The maximum Gasteiger partial charge on any atom is 0.373 e. The molecule has 0 aromatic rings. The van der Waals surface area contributed by atoms with Crippen LogP contribution in [-0.2, 0) is 10.2 Å². The predicted molar refractivity (Wildman–Crippen MR) is 30.5 cm³/mol. The second-order valence-electron chi connectivity index (χ2n) is 1.96. The first-order valence-electron chi connectivity index (χ1n) is 2.55. The lowest BCUT2D eigenvalue weighted by atomic mass is 10.5. The molecule has 0 atom stereocenters. The van der Waals surface area contributed by atoms with Crippen molar-refractivity contribution in [2.24, 2.45) is 5.92 Å². The van der Waals surface area contributed by atoms with E-state index in [9.17, 15) is 12.3 Å². The van der Waals surface area contributed by atoms with E-state index in [2.05, 4.69) is 5.92 Å². The summed E-state index contributed by atoms with van der Waals surface area (Å²) >= 11 is 0. The predicted octanol–water partition coefficient (Wildman–Crippen LogP) is 0.657. The molecule has 9 heavy (non-hydrogen) atoms. The molecule has 0 N–H and O–H groups in total. The van der Waals surface area contributed by atoms with Crippen molar-refractivity contribution in [2.45, 2.75) is 12.8 Å². The molecule has 0 saturated heterocycles. The Kier molecular flexibility index (Phi) is 1.45. The molecule has 0 aliphatic heterocycles. The van der Waals surface area contributed by atoms with Gasteiger partial charge in [0.15, 0.2) is 0 Å². The van der Waals surface area contributed by atoms with Gasteiger partial charge in [0.2, 0.25) is 0 Å². The second-order valence-corrected chi connectivity index (χ2v) is 3.04. The molecule has 0 spiro atoms. The minimum absolute atomic E-state index is 0.135. The number of rotatable bonds is 0. The van der Waals surface area contributed by atoms with Crippen LogP contribution in [0.4, 0.5) is 3.89 Å². The fourth-order valence-electron chi connectivity index (χ4n) is 0.381. The smallest absolute Gasteiger partial charge is 0.180 e. The summed E-state index contributed by atoms with van der Waals surface area (Å²) in [6.45, 7) is 0. The van der Waals surface area contributed by atoms with E-state index in [0.29, 0.717) is 0 Å². The SMILES string of the molecule is O=S(=O)(F)C#CC1CC1. The molecule has 0 heterocycles. The Labute approximate surface area is 53.3 Å². The van der Waals surface area contributed by atoms with E-state index in [1.165, 1.54) is 5.25 Å². The zero-order valence-electron chi connectivity index (χ0n) is 4.59. The Morgan fingerprint density at radius 3 is 2.33 bits per heavy atom. The van der Waals surface area contributed by atoms with Crippen molar-refractivity contribution in [3.8, 4) is 11.2 Å². The van der Waals surface area contributed by atoms with Crippen LogP contribution >= 0.6 is 0 Å². The fraction of sp³-hybridized carbons (Fsp3) is 0.600. The second kappa shape index (κ2) is 1.99. The van der Waals surface area contributed by atoms with E-state index in [1.54, 1.807) is 0 Å². The third-order valence-corrected chi connectivity index (χ3v) is 1.32. The van der Waals surface area contributed by atoms with Crippen LogP contribution in [-0.4, -0.2) is 8.42 Å². The molecule has 1 aliphatic rings. The normalized spacial score (nSPS) is 18.3. The Hall–Kier alpha value is -0.560. The van der Waals surface area contributed by atoms with Crippen LogP contribution in [0, 0.1) is 17.1 Å². The molecule has 50 valence electrons. The number of halogens is 1. The van der Waals surface area contributed by atoms with Gasteiger partial charge in [0.05, 0.1) is 5.25 Å². The van der Waals surface area contributed by atoms with Crippen LogP contribution in [0.3, 0.4) is 0 Å². The van der Waals surface area contributed by atoms with E-state index >= 15 is 0 Å². The molecular formula is C5H5FO2S. The van der Waals surface area contributed by atoms with Crippen molar-refractivity contribution in [1.29, 1.82) is 0 Å². The minimum Gasteiger partial charge on any atom is -0.180 e. The summed E-state index contributed by atoms with van der Waals surface area (Å²) in [4.78, 5) is 0. The number of hydrogen-bond donors (Lipinski definition) is 0. The van der Waals surface area contributed by atoms with E-state index in [4.69, 9.17) is 0 Å². The van der Waals surface area contributed by atoms with Crippen molar-refractivity contribution < 1.29 is 12.3 Å². The minimum atomic E-state index is -4.54. The van der Waals surface area contributed by atoms with E-state index in [0.717, 1.165) is 12.8 Å². The molecule has 1 fully saturated rings. The van der Waals surface area contributed by atoms with Gasteiger partial charge in [0, 0.05) is 5.92 Å². The molecule has 0 amide bonds. The first-order valence-corrected chi connectivity index (χ1v) is 3.93. The summed E-state index contributed by atoms with van der Waals surface area (Å²) < 4.78 is 31.0. The highest BCUT2D eigenvalue weighted by atomic mass is 32.3. The topological polar surface area (TPSA) is 34.1 Å². The van der Waals surface area contributed by atoms with Crippen molar-refractivity contribution in [1.82, 2.24) is 0 Å². The first kappa shape index (κ1) is 6.56. The lowest BCUT2D eigenvalue weighted by Gasteiger charge is -1.71. The molecule has 0 aromatic heterocycles. The highest BCUT2D eigenvalue weighted by molar-refractivity contribution is 7.91. The fourth-order valence-corrected chi connectivity index (χ4v) is 0.689. The summed E-state index contributed by atoms with van der Waals surface area (Å²) in [5, 5.41) is 1.54. The van der Waals surface area contributed by atoms with E-state index in [-0.39, 0.29) is 5.92 Å². The molecular weight excluding hydrogens is 143 g/mol. The maximum absolute atomic E-state index is 11.6. The van der Waals surface area contributed by atoms with Gasteiger partial charge >= 0.3 is 10.2 Å². The van der Waals surface area contributed by atoms with Crippen molar-refractivity contribution in [3.05, 3.63) is 0 Å². The zero-order valence-corrected chi connectivity index (χ0v) is 5.41. The molecule has 0 radical (unpaired) electrons. The van der Waals surface area contributed by atoms with Crippen LogP contribution in [0.5, 0.6) is 0 Å². The lowest BCUT2D eigenvalue weighted by Crippen LogP contribution is -1.81. The van der Waals surface area contributed by atoms with Gasteiger partial charge in [0.1, 0.15) is 0 Å². The summed E-state index contributed by atoms with van der Waals surface area (Å²) in [5.41, 5.74) is 0. The Morgan fingerprint density at radius 1 is 1.44 bits per heavy atom. The highest BCUT2D eigenvalue weighted by Crippen LogP contribution is 2.27. The standard InChI is InChI=1S/C5H5FO2S/c6-9(7,8)4-3-5-1-2-5/h5H,1-2H2. The molecule has 2 nitrogen and oxygen atoms in total. The Balaban J connectivity index is 2.60. The summed E-state index contributed by atoms with van der Waals surface area (Å²) in [7, 11) is -4.54. The van der Waals surface area contributed by atoms with Crippen LogP contribution < -0.4 is 0 Å². The van der Waals surface area contributed by atoms with Crippen LogP contribution in [0.25, 0.3) is 0 Å². The van der Waals surface area contributed by atoms with Crippen LogP contribution in [0.15, 0.2) is 0 Å². The van der Waals surface area contributed by atoms with Gasteiger partial charge < -0.3 is 0 Å². The van der Waals surface area contributed by atoms with Gasteiger partial charge in [-0.1, -0.05) is 9.81 Å². The molecule has 1 saturated carbocycles. The van der Waals surface area contributed by atoms with E-state index in [1.807, 2.05) is 0 Å². The monoisotopic (exact) mass is 148 g/mol. The van der Waals surface area contributed by atoms with Crippen molar-refractivity contribution in [3.63, 3.8) is 0 Å². The van der Waals surface area contributed by atoms with Gasteiger partial charge in [0.25, 0.3) is 0 Å². The van der Waals surface area contributed by atoms with Gasteiger partial charge in [-0.25, -0.2) is 0 Å². The van der Waals surface area contributed by atoms with Gasteiger partial charge in [-0.05, 0) is 12.8 Å². The third-order valence-electron chi connectivity index (χ3n) is 0.962. The Morgan fingerprint density at radius 2 is 2.00 bits per heavy atom. The quantitative estimate of drug-likeness (QED) is 0.373. The maximum atomic E-state index is 11.6. The summed E-state index contributed by atoms with van der Waals surface area (Å²) in [6, 6.07) is 0.